The van der Waals surface area contributed by atoms with Crippen LogP contribution in [0.1, 0.15) is 30.5 Å². The van der Waals surface area contributed by atoms with Gasteiger partial charge in [0, 0.05) is 110 Å². The number of benzene rings is 1. The summed E-state index contributed by atoms with van der Waals surface area (Å²) >= 11 is 14.3. The predicted octanol–water partition coefficient (Wildman–Crippen LogP) is 5.14. The molecule has 14 heteroatoms. The van der Waals surface area contributed by atoms with E-state index in [1.54, 1.807) is 20.4 Å². The molecule has 3 fully saturated rings. The first-order chi connectivity index (χ1) is 25.2. The van der Waals surface area contributed by atoms with Crippen LogP contribution in [-0.4, -0.2) is 82.5 Å². The van der Waals surface area contributed by atoms with E-state index in [2.05, 4.69) is 25.8 Å². The highest BCUT2D eigenvalue weighted by Crippen LogP contribution is 2.43. The Hall–Kier alpha value is -4.75. The molecule has 52 heavy (non-hydrogen) atoms. The lowest BCUT2D eigenvalue weighted by molar-refractivity contribution is -0.121. The number of carbonyl (C=O) groups excluding carboxylic acids is 2. The molecule has 1 aromatic carbocycles. The van der Waals surface area contributed by atoms with Crippen LogP contribution in [0.15, 0.2) is 61.1 Å². The van der Waals surface area contributed by atoms with Crippen molar-refractivity contribution in [2.24, 2.45) is 5.41 Å². The van der Waals surface area contributed by atoms with Crippen LogP contribution in [0, 0.1) is 5.41 Å². The van der Waals surface area contributed by atoms with Crippen molar-refractivity contribution in [1.29, 1.82) is 0 Å². The summed E-state index contributed by atoms with van der Waals surface area (Å²) < 4.78 is 13.4. The van der Waals surface area contributed by atoms with Crippen LogP contribution in [0.5, 0.6) is 11.6 Å². The Morgan fingerprint density at radius 2 is 1.81 bits per heavy atom. The van der Waals surface area contributed by atoms with E-state index in [1.807, 2.05) is 59.3 Å². The Balaban J connectivity index is 1.04. The Morgan fingerprint density at radius 3 is 2.56 bits per heavy atom. The van der Waals surface area contributed by atoms with Crippen LogP contribution in [0.3, 0.4) is 0 Å². The third-order valence-electron chi connectivity index (χ3n) is 10.1. The molecule has 5 aromatic rings. The topological polar surface area (TPSA) is 135 Å². The highest BCUT2D eigenvalue weighted by Gasteiger charge is 2.48. The molecule has 0 radical (unpaired) electrons. The zero-order chi connectivity index (χ0) is 36.0. The summed E-state index contributed by atoms with van der Waals surface area (Å²) in [6.45, 7) is 4.38. The molecule has 3 saturated heterocycles. The van der Waals surface area contributed by atoms with Crippen molar-refractivity contribution in [3.05, 3.63) is 82.4 Å². The van der Waals surface area contributed by atoms with E-state index < -0.39 is 0 Å². The average molecular weight is 742 g/mol. The van der Waals surface area contributed by atoms with Gasteiger partial charge in [0.1, 0.15) is 0 Å². The Bertz CT molecular complexity index is 2200. The number of carbonyl (C=O) groups is 2. The molecular weight excluding hydrogens is 703 g/mol. The molecule has 0 unspecified atom stereocenters. The molecule has 3 N–H and O–H groups in total. The zero-order valence-electron chi connectivity index (χ0n) is 28.8. The van der Waals surface area contributed by atoms with E-state index in [4.69, 9.17) is 42.6 Å². The van der Waals surface area contributed by atoms with Crippen molar-refractivity contribution in [1.82, 2.24) is 40.2 Å². The summed E-state index contributed by atoms with van der Waals surface area (Å²) in [6.07, 6.45) is 7.67. The number of ether oxygens (including phenoxy) is 2. The van der Waals surface area contributed by atoms with Crippen molar-refractivity contribution < 1.29 is 19.1 Å². The van der Waals surface area contributed by atoms with E-state index in [0.717, 1.165) is 59.6 Å². The monoisotopic (exact) mass is 740 g/mol. The highest BCUT2D eigenvalue weighted by molar-refractivity contribution is 6.39. The fourth-order valence-corrected chi connectivity index (χ4v) is 8.27. The van der Waals surface area contributed by atoms with Gasteiger partial charge in [0.15, 0.2) is 11.4 Å². The number of methoxy groups -OCH3 is 2. The number of hydrogen-bond donors (Lipinski definition) is 3. The van der Waals surface area contributed by atoms with Gasteiger partial charge in [-0.05, 0) is 24.6 Å². The fourth-order valence-electron chi connectivity index (χ4n) is 7.63. The second-order valence-electron chi connectivity index (χ2n) is 13.8. The SMILES string of the molecule is COc1nc(-c2cccc(-c3ccnc(-c4cc(OC)c5nc(CN6CC7(CNC(=O)C7)C6)cn5c4)c3Cl)c2Cl)ccc1CNC[C@@H]1CCC(=O)N1. The maximum Gasteiger partial charge on any atom is 0.220 e. The number of hydrogen-bond acceptors (Lipinski definition) is 9. The van der Waals surface area contributed by atoms with Crippen molar-refractivity contribution in [3.63, 3.8) is 0 Å². The molecule has 3 aliphatic rings. The van der Waals surface area contributed by atoms with Gasteiger partial charge in [-0.2, -0.15) is 0 Å². The number of amides is 2. The van der Waals surface area contributed by atoms with Gasteiger partial charge in [-0.25, -0.2) is 9.97 Å². The standard InChI is InChI=1S/C38H38Cl2N8O4/c1-51-30-12-23(16-48-18-25(45-36(30)48)17-47-20-38(21-47)13-32(50)43-19-38)35-34(40)27(10-11-42-35)26-4-3-5-28(33(26)39)29-8-6-22(37(46-29)52-2)14-41-15-24-7-9-31(49)44-24/h3-6,8,10-12,16,18,24,41H,7,9,13-15,17,19-21H2,1-2H3,(H,43,50)(H,44,49)/t24-/m0/s1. The number of likely N-dealkylation sites (tertiary alicyclic amines) is 1. The first-order valence-electron chi connectivity index (χ1n) is 17.3. The number of fused-ring (bicyclic) bond motifs is 1. The summed E-state index contributed by atoms with van der Waals surface area (Å²) in [5.41, 5.74) is 6.76. The smallest absolute Gasteiger partial charge is 0.220 e. The van der Waals surface area contributed by atoms with Gasteiger partial charge < -0.3 is 29.8 Å². The summed E-state index contributed by atoms with van der Waals surface area (Å²) in [4.78, 5) is 40.0. The maximum atomic E-state index is 11.8. The van der Waals surface area contributed by atoms with Crippen LogP contribution < -0.4 is 25.4 Å². The second-order valence-corrected chi connectivity index (χ2v) is 14.6. The van der Waals surface area contributed by atoms with Gasteiger partial charge >= 0.3 is 0 Å². The predicted molar refractivity (Wildman–Crippen MR) is 198 cm³/mol. The number of aromatic nitrogens is 4. The summed E-state index contributed by atoms with van der Waals surface area (Å²) in [6, 6.07) is 13.6. The van der Waals surface area contributed by atoms with Crippen LogP contribution >= 0.6 is 23.2 Å². The van der Waals surface area contributed by atoms with Crippen molar-refractivity contribution in [3.8, 4) is 45.3 Å². The Labute approximate surface area is 310 Å². The summed E-state index contributed by atoms with van der Waals surface area (Å²) in [5.74, 6) is 1.33. The molecule has 1 atom stereocenters. The molecule has 0 aliphatic carbocycles. The third kappa shape index (κ3) is 6.56. The molecule has 3 aliphatic heterocycles. The van der Waals surface area contributed by atoms with Gasteiger partial charge in [0.25, 0.3) is 0 Å². The average Bonchev–Trinajstić information content (AvgIpc) is 3.86. The Morgan fingerprint density at radius 1 is 0.981 bits per heavy atom. The molecule has 2 amide bonds. The summed E-state index contributed by atoms with van der Waals surface area (Å²) in [7, 11) is 3.22. The quantitative estimate of drug-likeness (QED) is 0.168. The largest absolute Gasteiger partial charge is 0.493 e. The van der Waals surface area contributed by atoms with E-state index in [9.17, 15) is 9.59 Å². The fraction of sp³-hybridized carbons (Fsp3) is 0.342. The van der Waals surface area contributed by atoms with Gasteiger partial charge in [-0.15, -0.1) is 0 Å². The van der Waals surface area contributed by atoms with Crippen LogP contribution in [-0.2, 0) is 22.7 Å². The van der Waals surface area contributed by atoms with Crippen LogP contribution in [0.2, 0.25) is 10.0 Å². The van der Waals surface area contributed by atoms with E-state index >= 15 is 0 Å². The molecular formula is C38H38Cl2N8O4. The number of rotatable bonds is 11. The number of nitrogens with one attached hydrogen (secondary N) is 3. The lowest BCUT2D eigenvalue weighted by Gasteiger charge is -2.46. The lowest BCUT2D eigenvalue weighted by atomic mass is 9.79. The van der Waals surface area contributed by atoms with Crippen LogP contribution in [0.4, 0.5) is 0 Å². The van der Waals surface area contributed by atoms with Crippen molar-refractivity contribution in [2.75, 3.05) is 40.4 Å². The molecule has 268 valence electrons. The normalized spacial score (nSPS) is 18.1. The molecule has 1 spiro atoms. The third-order valence-corrected chi connectivity index (χ3v) is 10.9. The number of halogens is 2. The number of nitrogens with zero attached hydrogens (tertiary/aromatic N) is 5. The Kier molecular flexibility index (Phi) is 9.24. The molecule has 4 aromatic heterocycles. The van der Waals surface area contributed by atoms with Crippen molar-refractivity contribution in [2.45, 2.75) is 38.4 Å². The van der Waals surface area contributed by atoms with Gasteiger partial charge in [0.2, 0.25) is 17.7 Å². The van der Waals surface area contributed by atoms with E-state index in [-0.39, 0.29) is 23.3 Å². The first kappa shape index (κ1) is 34.3. The van der Waals surface area contributed by atoms with Gasteiger partial charge in [-0.1, -0.05) is 47.5 Å². The molecule has 7 heterocycles. The lowest BCUT2D eigenvalue weighted by Crippen LogP contribution is -2.56. The second kappa shape index (κ2) is 14.0. The maximum absolute atomic E-state index is 11.8. The van der Waals surface area contributed by atoms with E-state index in [0.29, 0.717) is 71.2 Å². The number of imidazole rings is 1. The van der Waals surface area contributed by atoms with Crippen LogP contribution in [0.25, 0.3) is 39.3 Å². The van der Waals surface area contributed by atoms with Gasteiger partial charge in [-0.3, -0.25) is 19.5 Å². The molecule has 8 rings (SSSR count). The highest BCUT2D eigenvalue weighted by atomic mass is 35.5. The molecule has 12 nitrogen and oxygen atoms in total. The minimum atomic E-state index is 0.0555. The first-order valence-corrected chi connectivity index (χ1v) is 18.0. The minimum Gasteiger partial charge on any atom is -0.493 e. The molecule has 0 saturated carbocycles. The molecule has 0 bridgehead atoms. The van der Waals surface area contributed by atoms with Gasteiger partial charge in [0.05, 0.1) is 41.3 Å². The van der Waals surface area contributed by atoms with E-state index in [1.165, 1.54) is 0 Å². The number of pyridine rings is 3. The minimum absolute atomic E-state index is 0.0555. The summed E-state index contributed by atoms with van der Waals surface area (Å²) in [5, 5.41) is 10.3. The zero-order valence-corrected chi connectivity index (χ0v) is 30.4. The van der Waals surface area contributed by atoms with Crippen molar-refractivity contribution >= 4 is 40.7 Å².